The molecular weight excluding hydrogens is 308 g/mol. The smallest absolute Gasteiger partial charge is 0.163 e. The van der Waals surface area contributed by atoms with Gasteiger partial charge in [0.05, 0.1) is 30.0 Å². The Bertz CT molecular complexity index is 451. The molecule has 5 heteroatoms. The van der Waals surface area contributed by atoms with E-state index in [0.29, 0.717) is 37.5 Å². The number of rotatable bonds is 6. The SMILES string of the molecule is CC(C)[C@H](C)CC(O)CCC1O[C@H]2C[C@@]1(O)C[C@H]1OC(C)(C)OC21. The third-order valence-electron chi connectivity index (χ3n) is 6.18. The molecule has 2 N–H and O–H groups in total. The molecule has 5 nitrogen and oxygen atoms in total. The van der Waals surface area contributed by atoms with Crippen LogP contribution in [0, 0.1) is 11.8 Å². The Morgan fingerprint density at radius 2 is 1.75 bits per heavy atom. The molecule has 3 rings (SSSR count). The van der Waals surface area contributed by atoms with E-state index < -0.39 is 11.4 Å². The quantitative estimate of drug-likeness (QED) is 0.777. The lowest BCUT2D eigenvalue weighted by Crippen LogP contribution is -2.48. The maximum absolute atomic E-state index is 11.0. The standard InChI is InChI=1S/C19H34O5/c1-11(2)12(3)8-13(20)6-7-16-19(21)9-14(22-16)17-15(10-19)23-18(4,5)24-17/h11-17,20-21H,6-10H2,1-5H3/t12-,13?,14+,15-,16?,17?,19-/m1/s1. The Hall–Kier alpha value is -0.200. The van der Waals surface area contributed by atoms with Gasteiger partial charge in [0.2, 0.25) is 0 Å². The summed E-state index contributed by atoms with van der Waals surface area (Å²) in [5.41, 5.74) is -0.848. The van der Waals surface area contributed by atoms with Crippen molar-refractivity contribution < 1.29 is 24.4 Å². The molecule has 3 aliphatic rings. The van der Waals surface area contributed by atoms with E-state index in [-0.39, 0.29) is 30.5 Å². The van der Waals surface area contributed by atoms with Gasteiger partial charge < -0.3 is 24.4 Å². The van der Waals surface area contributed by atoms with Crippen molar-refractivity contribution in [1.82, 2.24) is 0 Å². The Kier molecular flexibility index (Phi) is 5.04. The van der Waals surface area contributed by atoms with E-state index >= 15 is 0 Å². The molecule has 2 heterocycles. The molecule has 2 aliphatic heterocycles. The number of aliphatic hydroxyl groups excluding tert-OH is 1. The summed E-state index contributed by atoms with van der Waals surface area (Å²) in [5, 5.41) is 21.3. The van der Waals surface area contributed by atoms with Crippen molar-refractivity contribution in [3.05, 3.63) is 0 Å². The molecule has 2 saturated heterocycles. The largest absolute Gasteiger partial charge is 0.393 e. The summed E-state index contributed by atoms with van der Waals surface area (Å²) in [6.07, 6.45) is 2.47. The van der Waals surface area contributed by atoms with Gasteiger partial charge in [-0.3, -0.25) is 0 Å². The maximum atomic E-state index is 11.0. The van der Waals surface area contributed by atoms with Crippen LogP contribution in [0.5, 0.6) is 0 Å². The van der Waals surface area contributed by atoms with E-state index in [0.717, 1.165) is 6.42 Å². The van der Waals surface area contributed by atoms with Gasteiger partial charge in [-0.1, -0.05) is 20.8 Å². The van der Waals surface area contributed by atoms with E-state index in [1.807, 2.05) is 13.8 Å². The Morgan fingerprint density at radius 3 is 2.42 bits per heavy atom. The molecule has 24 heavy (non-hydrogen) atoms. The molecular formula is C19H34O5. The normalized spacial score (nSPS) is 43.0. The molecule has 2 bridgehead atoms. The first-order chi connectivity index (χ1) is 11.1. The number of hydrogen-bond acceptors (Lipinski definition) is 5. The second kappa shape index (κ2) is 6.51. The summed E-state index contributed by atoms with van der Waals surface area (Å²) >= 11 is 0. The minimum Gasteiger partial charge on any atom is -0.393 e. The van der Waals surface area contributed by atoms with Gasteiger partial charge in [-0.05, 0) is 44.9 Å². The lowest BCUT2D eigenvalue weighted by Gasteiger charge is -2.34. The number of hydrogen-bond donors (Lipinski definition) is 2. The summed E-state index contributed by atoms with van der Waals surface area (Å²) < 4.78 is 18.0. The van der Waals surface area contributed by atoms with E-state index in [9.17, 15) is 10.2 Å². The average Bonchev–Trinajstić information content (AvgIpc) is 2.90. The maximum Gasteiger partial charge on any atom is 0.163 e. The summed E-state index contributed by atoms with van der Waals surface area (Å²) in [5.74, 6) is 0.469. The molecule has 0 aromatic carbocycles. The lowest BCUT2D eigenvalue weighted by molar-refractivity contribution is -0.165. The van der Waals surface area contributed by atoms with Gasteiger partial charge in [0.15, 0.2) is 5.79 Å². The zero-order valence-electron chi connectivity index (χ0n) is 15.7. The van der Waals surface area contributed by atoms with Crippen LogP contribution in [-0.4, -0.2) is 52.1 Å². The molecule has 0 aromatic heterocycles. The molecule has 1 aliphatic carbocycles. The second-order valence-corrected chi connectivity index (χ2v) is 9.00. The first-order valence-electron chi connectivity index (χ1n) is 9.51. The summed E-state index contributed by atoms with van der Waals surface area (Å²) in [6, 6.07) is 0. The number of aliphatic hydroxyl groups is 2. The van der Waals surface area contributed by atoms with Gasteiger partial charge in [0.1, 0.15) is 6.10 Å². The highest BCUT2D eigenvalue weighted by molar-refractivity contribution is 5.09. The molecule has 7 atom stereocenters. The predicted octanol–water partition coefficient (Wildman–Crippen LogP) is 2.62. The van der Waals surface area contributed by atoms with E-state index in [2.05, 4.69) is 20.8 Å². The molecule has 0 radical (unpaired) electrons. The van der Waals surface area contributed by atoms with Crippen molar-refractivity contribution in [2.45, 2.75) is 109 Å². The predicted molar refractivity (Wildman–Crippen MR) is 90.5 cm³/mol. The topological polar surface area (TPSA) is 68.2 Å². The fraction of sp³-hybridized carbons (Fsp3) is 1.00. The fourth-order valence-corrected chi connectivity index (χ4v) is 4.46. The van der Waals surface area contributed by atoms with Crippen molar-refractivity contribution in [2.24, 2.45) is 11.8 Å². The van der Waals surface area contributed by atoms with E-state index in [1.54, 1.807) is 0 Å². The minimum absolute atomic E-state index is 0.0869. The van der Waals surface area contributed by atoms with Crippen LogP contribution in [0.4, 0.5) is 0 Å². The molecule has 140 valence electrons. The van der Waals surface area contributed by atoms with Crippen molar-refractivity contribution in [3.63, 3.8) is 0 Å². The molecule has 0 amide bonds. The van der Waals surface area contributed by atoms with Gasteiger partial charge in [0.25, 0.3) is 0 Å². The molecule has 0 aromatic rings. The number of fused-ring (bicyclic) bond motifs is 4. The highest BCUT2D eigenvalue weighted by Crippen LogP contribution is 2.49. The van der Waals surface area contributed by atoms with Crippen molar-refractivity contribution in [3.8, 4) is 0 Å². The zero-order valence-corrected chi connectivity index (χ0v) is 15.7. The van der Waals surface area contributed by atoms with Crippen LogP contribution < -0.4 is 0 Å². The lowest BCUT2D eigenvalue weighted by atomic mass is 9.78. The van der Waals surface area contributed by atoms with Crippen molar-refractivity contribution >= 4 is 0 Å². The Labute approximate surface area is 145 Å². The minimum atomic E-state index is -0.848. The number of ether oxygens (including phenoxy) is 3. The van der Waals surface area contributed by atoms with Crippen LogP contribution in [0.25, 0.3) is 0 Å². The van der Waals surface area contributed by atoms with Gasteiger partial charge >= 0.3 is 0 Å². The highest BCUT2D eigenvalue weighted by atomic mass is 16.8. The second-order valence-electron chi connectivity index (χ2n) is 9.00. The highest BCUT2D eigenvalue weighted by Gasteiger charge is 2.61. The van der Waals surface area contributed by atoms with Crippen LogP contribution in [-0.2, 0) is 14.2 Å². The first-order valence-corrected chi connectivity index (χ1v) is 9.51. The Morgan fingerprint density at radius 1 is 1.08 bits per heavy atom. The van der Waals surface area contributed by atoms with Crippen LogP contribution in [0.15, 0.2) is 0 Å². The summed E-state index contributed by atoms with van der Waals surface area (Å²) in [6.45, 7) is 10.4. The van der Waals surface area contributed by atoms with E-state index in [1.165, 1.54) is 0 Å². The third kappa shape index (κ3) is 3.65. The summed E-state index contributed by atoms with van der Waals surface area (Å²) in [7, 11) is 0. The molecule has 1 saturated carbocycles. The van der Waals surface area contributed by atoms with E-state index in [4.69, 9.17) is 14.2 Å². The van der Waals surface area contributed by atoms with Crippen LogP contribution >= 0.6 is 0 Å². The molecule has 0 spiro atoms. The van der Waals surface area contributed by atoms with Crippen LogP contribution in [0.3, 0.4) is 0 Å². The van der Waals surface area contributed by atoms with Crippen LogP contribution in [0.1, 0.15) is 66.7 Å². The van der Waals surface area contributed by atoms with Gasteiger partial charge in [-0.2, -0.15) is 0 Å². The average molecular weight is 342 g/mol. The third-order valence-corrected chi connectivity index (χ3v) is 6.18. The van der Waals surface area contributed by atoms with Crippen LogP contribution in [0.2, 0.25) is 0 Å². The van der Waals surface area contributed by atoms with Crippen molar-refractivity contribution in [1.29, 1.82) is 0 Å². The summed E-state index contributed by atoms with van der Waals surface area (Å²) in [4.78, 5) is 0. The van der Waals surface area contributed by atoms with Gasteiger partial charge in [0, 0.05) is 12.8 Å². The Balaban J connectivity index is 1.54. The van der Waals surface area contributed by atoms with Gasteiger partial charge in [-0.25, -0.2) is 0 Å². The first kappa shape index (κ1) is 18.6. The zero-order chi connectivity index (χ0) is 17.7. The molecule has 3 fully saturated rings. The monoisotopic (exact) mass is 342 g/mol. The van der Waals surface area contributed by atoms with Gasteiger partial charge in [-0.15, -0.1) is 0 Å². The fourth-order valence-electron chi connectivity index (χ4n) is 4.46. The molecule has 3 unspecified atom stereocenters. The van der Waals surface area contributed by atoms with Crippen molar-refractivity contribution in [2.75, 3.05) is 0 Å².